The number of aromatic carboxylic acids is 1. The summed E-state index contributed by atoms with van der Waals surface area (Å²) in [6, 6.07) is 9.87. The highest BCUT2D eigenvalue weighted by atomic mass is 35.5. The van der Waals surface area contributed by atoms with Crippen LogP contribution in [0.4, 0.5) is 5.00 Å². The normalized spacial score (nSPS) is 10.9. The number of amides is 1. The van der Waals surface area contributed by atoms with E-state index in [1.54, 1.807) is 41.8 Å². The lowest BCUT2D eigenvalue weighted by atomic mass is 10.0. The molecule has 0 aliphatic rings. The minimum atomic E-state index is -1.16. The van der Waals surface area contributed by atoms with E-state index in [1.807, 2.05) is 0 Å². The summed E-state index contributed by atoms with van der Waals surface area (Å²) in [7, 11) is 0. The highest BCUT2D eigenvalue weighted by Gasteiger charge is 2.22. The number of anilines is 1. The van der Waals surface area contributed by atoms with E-state index in [4.69, 9.17) is 23.2 Å². The van der Waals surface area contributed by atoms with Gasteiger partial charge in [0.05, 0.1) is 14.7 Å². The maximum absolute atomic E-state index is 12.6. The average Bonchev–Trinajstić information content (AvgIpc) is 3.30. The van der Waals surface area contributed by atoms with Crippen molar-refractivity contribution in [3.05, 3.63) is 63.0 Å². The molecule has 0 aliphatic heterocycles. The number of benzene rings is 2. The predicted molar refractivity (Wildman–Crippen MR) is 112 cm³/mol. The Hall–Kier alpha value is -2.52. The first kappa shape index (κ1) is 18.8. The average molecular weight is 450 g/mol. The molecule has 2 aromatic heterocycles. The number of fused-ring (bicyclic) bond motifs is 1. The minimum Gasteiger partial charge on any atom is -0.478 e. The number of carboxylic acids is 1. The van der Waals surface area contributed by atoms with Crippen molar-refractivity contribution in [3.8, 4) is 11.1 Å². The quantitative estimate of drug-likeness (QED) is 0.418. The van der Waals surface area contributed by atoms with Crippen LogP contribution in [-0.4, -0.2) is 26.6 Å². The third-order valence-electron chi connectivity index (χ3n) is 3.97. The molecule has 0 bridgehead atoms. The molecule has 6 nitrogen and oxygen atoms in total. The molecule has 4 aromatic rings. The molecule has 0 saturated carbocycles. The fourth-order valence-corrected chi connectivity index (χ4v) is 4.43. The number of nitrogens with one attached hydrogen (secondary N) is 1. The number of nitrogens with zero attached hydrogens (tertiary/aromatic N) is 2. The summed E-state index contributed by atoms with van der Waals surface area (Å²) in [5.41, 5.74) is 2.01. The van der Waals surface area contributed by atoms with Gasteiger partial charge in [-0.05, 0) is 47.4 Å². The molecule has 4 rings (SSSR count). The Morgan fingerprint density at radius 3 is 2.64 bits per heavy atom. The Balaban J connectivity index is 1.69. The first-order chi connectivity index (χ1) is 13.4. The van der Waals surface area contributed by atoms with Crippen molar-refractivity contribution >= 4 is 73.2 Å². The second-order valence-electron chi connectivity index (χ2n) is 5.70. The summed E-state index contributed by atoms with van der Waals surface area (Å²) in [6.45, 7) is 0. The first-order valence-electron chi connectivity index (χ1n) is 7.77. The third kappa shape index (κ3) is 3.47. The van der Waals surface area contributed by atoms with Gasteiger partial charge in [0, 0.05) is 16.5 Å². The second kappa shape index (κ2) is 7.48. The van der Waals surface area contributed by atoms with E-state index in [9.17, 15) is 14.7 Å². The van der Waals surface area contributed by atoms with E-state index in [1.165, 1.54) is 11.5 Å². The van der Waals surface area contributed by atoms with Crippen molar-refractivity contribution in [2.75, 3.05) is 5.32 Å². The molecule has 2 heterocycles. The summed E-state index contributed by atoms with van der Waals surface area (Å²) in [5, 5.41) is 18.9. The van der Waals surface area contributed by atoms with Gasteiger partial charge in [-0.2, -0.15) is 0 Å². The molecule has 0 spiro atoms. The van der Waals surface area contributed by atoms with Crippen LogP contribution in [0.2, 0.25) is 10.0 Å². The molecule has 10 heteroatoms. The van der Waals surface area contributed by atoms with Gasteiger partial charge in [-0.3, -0.25) is 4.79 Å². The smallest absolute Gasteiger partial charge is 0.339 e. The Kier molecular flexibility index (Phi) is 5.03. The minimum absolute atomic E-state index is 0.00635. The van der Waals surface area contributed by atoms with Gasteiger partial charge in [-0.25, -0.2) is 4.79 Å². The zero-order valence-electron chi connectivity index (χ0n) is 13.8. The van der Waals surface area contributed by atoms with Gasteiger partial charge in [0.15, 0.2) is 0 Å². The second-order valence-corrected chi connectivity index (χ2v) is 8.18. The topological polar surface area (TPSA) is 92.2 Å². The lowest BCUT2D eigenvalue weighted by molar-refractivity contribution is 0.0699. The molecule has 0 saturated heterocycles. The van der Waals surface area contributed by atoms with Crippen LogP contribution >= 0.6 is 46.1 Å². The molecule has 1 amide bonds. The highest BCUT2D eigenvalue weighted by Crippen LogP contribution is 2.38. The van der Waals surface area contributed by atoms with Crippen LogP contribution < -0.4 is 5.32 Å². The summed E-state index contributed by atoms with van der Waals surface area (Å²) in [6.07, 6.45) is 0. The maximum atomic E-state index is 12.6. The van der Waals surface area contributed by atoms with E-state index in [2.05, 4.69) is 14.9 Å². The lowest BCUT2D eigenvalue weighted by Gasteiger charge is -2.07. The largest absolute Gasteiger partial charge is 0.478 e. The van der Waals surface area contributed by atoms with Crippen LogP contribution in [0.5, 0.6) is 0 Å². The molecule has 0 aliphatic carbocycles. The van der Waals surface area contributed by atoms with E-state index in [-0.39, 0.29) is 10.6 Å². The molecule has 2 N–H and O–H groups in total. The monoisotopic (exact) mass is 449 g/mol. The summed E-state index contributed by atoms with van der Waals surface area (Å²) >= 11 is 14.3. The van der Waals surface area contributed by atoms with Crippen molar-refractivity contribution in [1.29, 1.82) is 0 Å². The third-order valence-corrected chi connectivity index (χ3v) is 6.31. The van der Waals surface area contributed by atoms with Crippen molar-refractivity contribution in [3.63, 3.8) is 0 Å². The molecule has 0 radical (unpaired) electrons. The molecule has 0 unspecified atom stereocenters. The van der Waals surface area contributed by atoms with Gasteiger partial charge in [0.1, 0.15) is 16.1 Å². The molecular formula is C18H9Cl2N3O3S2. The maximum Gasteiger partial charge on any atom is 0.339 e. The van der Waals surface area contributed by atoms with Crippen LogP contribution in [0.25, 0.3) is 21.3 Å². The molecule has 0 atom stereocenters. The zero-order chi connectivity index (χ0) is 19.8. The van der Waals surface area contributed by atoms with E-state index in [0.29, 0.717) is 32.3 Å². The number of carboxylic acid groups (broad SMARTS) is 1. The SMILES string of the molecule is O=C(Nc1scc(-c2ccc(Cl)c(Cl)c2)c1C(=O)O)c1ccc2snnc2c1. The van der Waals surface area contributed by atoms with Crippen molar-refractivity contribution in [1.82, 2.24) is 9.59 Å². The summed E-state index contributed by atoms with van der Waals surface area (Å²) < 4.78 is 4.70. The van der Waals surface area contributed by atoms with Crippen LogP contribution in [-0.2, 0) is 0 Å². The Labute approximate surface area is 176 Å². The van der Waals surface area contributed by atoms with E-state index in [0.717, 1.165) is 16.0 Å². The number of rotatable bonds is 4. The number of hydrogen-bond acceptors (Lipinski definition) is 6. The zero-order valence-corrected chi connectivity index (χ0v) is 16.9. The van der Waals surface area contributed by atoms with E-state index < -0.39 is 11.9 Å². The van der Waals surface area contributed by atoms with Crippen LogP contribution in [0.15, 0.2) is 41.8 Å². The Bertz CT molecular complexity index is 1240. The molecule has 140 valence electrons. The van der Waals surface area contributed by atoms with Gasteiger partial charge in [0.25, 0.3) is 5.91 Å². The van der Waals surface area contributed by atoms with Crippen LogP contribution in [0.1, 0.15) is 20.7 Å². The number of carbonyl (C=O) groups excluding carboxylic acids is 1. The van der Waals surface area contributed by atoms with Crippen LogP contribution in [0, 0.1) is 0 Å². The van der Waals surface area contributed by atoms with Gasteiger partial charge >= 0.3 is 5.97 Å². The molecule has 2 aromatic carbocycles. The molecule has 0 fully saturated rings. The number of carbonyl (C=O) groups is 2. The van der Waals surface area contributed by atoms with E-state index >= 15 is 0 Å². The van der Waals surface area contributed by atoms with Crippen molar-refractivity contribution < 1.29 is 14.7 Å². The fourth-order valence-electron chi connectivity index (χ4n) is 2.64. The number of hydrogen-bond donors (Lipinski definition) is 2. The molecule has 28 heavy (non-hydrogen) atoms. The van der Waals surface area contributed by atoms with Crippen molar-refractivity contribution in [2.24, 2.45) is 0 Å². The fraction of sp³-hybridized carbons (Fsp3) is 0. The number of halogens is 2. The highest BCUT2D eigenvalue weighted by molar-refractivity contribution is 7.15. The number of thiophene rings is 1. The number of aromatic nitrogens is 2. The summed E-state index contributed by atoms with van der Waals surface area (Å²) in [5.74, 6) is -1.59. The molecular weight excluding hydrogens is 441 g/mol. The van der Waals surface area contributed by atoms with Gasteiger partial charge in [-0.15, -0.1) is 16.4 Å². The van der Waals surface area contributed by atoms with Crippen molar-refractivity contribution in [2.45, 2.75) is 0 Å². The Morgan fingerprint density at radius 1 is 1.07 bits per heavy atom. The summed E-state index contributed by atoms with van der Waals surface area (Å²) in [4.78, 5) is 24.5. The lowest BCUT2D eigenvalue weighted by Crippen LogP contribution is -2.13. The first-order valence-corrected chi connectivity index (χ1v) is 10.2. The predicted octanol–water partition coefficient (Wildman–Crippen LogP) is 5.68. The van der Waals surface area contributed by atoms with Gasteiger partial charge < -0.3 is 10.4 Å². The van der Waals surface area contributed by atoms with Gasteiger partial charge in [-0.1, -0.05) is 33.8 Å². The standard InChI is InChI=1S/C18H9Cl2N3O3S2/c19-11-3-1-8(5-12(11)20)10-7-27-17(15(10)18(25)26)21-16(24)9-2-4-14-13(6-9)22-23-28-14/h1-7H,(H,21,24)(H,25,26). The van der Waals surface area contributed by atoms with Gasteiger partial charge in [0.2, 0.25) is 0 Å². The Morgan fingerprint density at radius 2 is 1.89 bits per heavy atom. The van der Waals surface area contributed by atoms with Crippen LogP contribution in [0.3, 0.4) is 0 Å².